The highest BCUT2D eigenvalue weighted by Crippen LogP contribution is 2.26. The van der Waals surface area contributed by atoms with Crippen LogP contribution in [0.5, 0.6) is 0 Å². The number of aromatic nitrogens is 2. The van der Waals surface area contributed by atoms with Gasteiger partial charge in [0.15, 0.2) is 11.0 Å². The number of benzene rings is 1. The van der Waals surface area contributed by atoms with E-state index in [0.717, 1.165) is 24.6 Å². The van der Waals surface area contributed by atoms with E-state index in [1.807, 2.05) is 4.57 Å². The molecule has 1 N–H and O–H groups in total. The van der Waals surface area contributed by atoms with Gasteiger partial charge in [0.1, 0.15) is 5.52 Å². The Morgan fingerprint density at radius 1 is 1.48 bits per heavy atom. The number of methoxy groups -OCH3 is 1. The molecule has 1 aromatic carbocycles. The van der Waals surface area contributed by atoms with Crippen LogP contribution in [0.1, 0.15) is 12.8 Å². The largest absolute Gasteiger partial charge is 0.481 e. The number of unbranched alkanes of at least 4 members (excludes halogenated alkanes) is 1. The zero-order chi connectivity index (χ0) is 15.2. The van der Waals surface area contributed by atoms with Crippen molar-refractivity contribution in [2.45, 2.75) is 24.5 Å². The summed E-state index contributed by atoms with van der Waals surface area (Å²) in [5.74, 6) is -1.40. The fraction of sp³-hybridized carbons (Fsp3) is 0.429. The molecule has 2 aromatic rings. The minimum Gasteiger partial charge on any atom is -0.481 e. The van der Waals surface area contributed by atoms with Gasteiger partial charge in [0.25, 0.3) is 0 Å². The number of ether oxygens (including phenoxy) is 1. The van der Waals surface area contributed by atoms with Crippen LogP contribution in [0.3, 0.4) is 0 Å². The Morgan fingerprint density at radius 2 is 2.29 bits per heavy atom. The lowest BCUT2D eigenvalue weighted by Crippen LogP contribution is -2.04. The number of aryl methyl sites for hydroxylation is 1. The van der Waals surface area contributed by atoms with Crippen LogP contribution in [0.15, 0.2) is 23.4 Å². The number of hydrogen-bond acceptors (Lipinski definition) is 4. The fourth-order valence-electron chi connectivity index (χ4n) is 2.06. The summed E-state index contributed by atoms with van der Waals surface area (Å²) < 4.78 is 20.7. The molecule has 0 aliphatic rings. The molecule has 0 spiro atoms. The van der Waals surface area contributed by atoms with Gasteiger partial charge in [-0.2, -0.15) is 0 Å². The van der Waals surface area contributed by atoms with Crippen LogP contribution in [-0.2, 0) is 16.1 Å². The van der Waals surface area contributed by atoms with Gasteiger partial charge < -0.3 is 14.4 Å². The molecule has 0 fully saturated rings. The minimum atomic E-state index is -0.918. The maximum Gasteiger partial charge on any atom is 0.313 e. The van der Waals surface area contributed by atoms with Crippen molar-refractivity contribution in [3.8, 4) is 0 Å². The van der Waals surface area contributed by atoms with Crippen molar-refractivity contribution in [3.63, 3.8) is 0 Å². The van der Waals surface area contributed by atoms with Gasteiger partial charge >= 0.3 is 5.97 Å². The van der Waals surface area contributed by atoms with Gasteiger partial charge in [-0.25, -0.2) is 9.37 Å². The van der Waals surface area contributed by atoms with Crippen molar-refractivity contribution in [3.05, 3.63) is 24.0 Å². The molecule has 0 bridgehead atoms. The molecule has 0 saturated heterocycles. The second kappa shape index (κ2) is 7.42. The number of carboxylic acid groups (broad SMARTS) is 1. The van der Waals surface area contributed by atoms with Crippen LogP contribution in [0.25, 0.3) is 11.0 Å². The zero-order valence-electron chi connectivity index (χ0n) is 11.7. The average Bonchev–Trinajstić information content (AvgIpc) is 2.81. The summed E-state index contributed by atoms with van der Waals surface area (Å²) in [6.07, 6.45) is 1.74. The molecule has 0 atom stereocenters. The van der Waals surface area contributed by atoms with E-state index in [4.69, 9.17) is 9.84 Å². The number of thioether (sulfide) groups is 1. The third kappa shape index (κ3) is 3.95. The maximum absolute atomic E-state index is 13.8. The molecule has 114 valence electrons. The van der Waals surface area contributed by atoms with Gasteiger partial charge in [-0.05, 0) is 25.0 Å². The number of carbonyl (C=O) groups is 1. The standard InChI is InChI=1S/C14H17FN2O3S/c1-20-8-3-2-7-17-11-6-4-5-10(15)13(11)16-14(17)21-9-12(18)19/h4-6H,2-3,7-9H2,1H3,(H,18,19). The monoisotopic (exact) mass is 312 g/mol. The lowest BCUT2D eigenvalue weighted by Gasteiger charge is -2.08. The number of aliphatic carboxylic acids is 1. The molecule has 0 unspecified atom stereocenters. The van der Waals surface area contributed by atoms with Gasteiger partial charge in [-0.3, -0.25) is 4.79 Å². The van der Waals surface area contributed by atoms with Crippen molar-refractivity contribution in [2.75, 3.05) is 19.5 Å². The first-order chi connectivity index (χ1) is 10.1. The first kappa shape index (κ1) is 15.8. The summed E-state index contributed by atoms with van der Waals surface area (Å²) >= 11 is 1.11. The quantitative estimate of drug-likeness (QED) is 0.600. The van der Waals surface area contributed by atoms with Crippen molar-refractivity contribution in [2.24, 2.45) is 0 Å². The molecule has 0 amide bonds. The molecular weight excluding hydrogens is 295 g/mol. The lowest BCUT2D eigenvalue weighted by molar-refractivity contribution is -0.133. The smallest absolute Gasteiger partial charge is 0.313 e. The Labute approximate surface area is 126 Å². The third-order valence-corrected chi connectivity index (χ3v) is 3.96. The molecule has 0 aliphatic heterocycles. The zero-order valence-corrected chi connectivity index (χ0v) is 12.5. The molecule has 0 saturated carbocycles. The van der Waals surface area contributed by atoms with E-state index in [9.17, 15) is 9.18 Å². The summed E-state index contributed by atoms with van der Waals surface area (Å²) in [6.45, 7) is 1.32. The Balaban J connectivity index is 2.26. The van der Waals surface area contributed by atoms with Gasteiger partial charge in [0, 0.05) is 20.3 Å². The van der Waals surface area contributed by atoms with E-state index in [-0.39, 0.29) is 17.1 Å². The van der Waals surface area contributed by atoms with Crippen LogP contribution < -0.4 is 0 Å². The van der Waals surface area contributed by atoms with E-state index >= 15 is 0 Å². The van der Waals surface area contributed by atoms with Gasteiger partial charge in [0.05, 0.1) is 11.3 Å². The molecule has 21 heavy (non-hydrogen) atoms. The highest BCUT2D eigenvalue weighted by atomic mass is 32.2. The topological polar surface area (TPSA) is 64.3 Å². The SMILES string of the molecule is COCCCCn1c(SCC(=O)O)nc2c(F)cccc21. The van der Waals surface area contributed by atoms with Crippen LogP contribution in [0.4, 0.5) is 4.39 Å². The van der Waals surface area contributed by atoms with Gasteiger partial charge in [-0.1, -0.05) is 17.8 Å². The number of rotatable bonds is 8. The van der Waals surface area contributed by atoms with Crippen LogP contribution in [0, 0.1) is 5.82 Å². The summed E-state index contributed by atoms with van der Waals surface area (Å²) in [5.41, 5.74) is 0.984. The second-order valence-electron chi connectivity index (χ2n) is 4.54. The molecule has 0 aliphatic carbocycles. The Bertz CT molecular complexity index is 630. The highest BCUT2D eigenvalue weighted by molar-refractivity contribution is 7.99. The normalized spacial score (nSPS) is 11.1. The van der Waals surface area contributed by atoms with Crippen molar-refractivity contribution >= 4 is 28.8 Å². The lowest BCUT2D eigenvalue weighted by atomic mass is 10.3. The van der Waals surface area contributed by atoms with E-state index in [2.05, 4.69) is 4.98 Å². The fourth-order valence-corrected chi connectivity index (χ4v) is 2.81. The second-order valence-corrected chi connectivity index (χ2v) is 5.48. The summed E-state index contributed by atoms with van der Waals surface area (Å²) in [7, 11) is 1.65. The minimum absolute atomic E-state index is 0.0942. The maximum atomic E-state index is 13.8. The number of fused-ring (bicyclic) bond motifs is 1. The number of para-hydroxylation sites is 1. The van der Waals surface area contributed by atoms with Crippen LogP contribution in [0.2, 0.25) is 0 Å². The molecule has 0 radical (unpaired) electrons. The van der Waals surface area contributed by atoms with E-state index < -0.39 is 5.97 Å². The number of halogens is 1. The first-order valence-electron chi connectivity index (χ1n) is 6.61. The summed E-state index contributed by atoms with van der Waals surface area (Å²) in [6, 6.07) is 4.79. The molecule has 1 aromatic heterocycles. The molecule has 2 rings (SSSR count). The third-order valence-electron chi connectivity index (χ3n) is 3.00. The molecule has 1 heterocycles. The van der Waals surface area contributed by atoms with Gasteiger partial charge in [-0.15, -0.1) is 0 Å². The predicted octanol–water partition coefficient (Wildman–Crippen LogP) is 2.78. The number of imidazole rings is 1. The van der Waals surface area contributed by atoms with Crippen molar-refractivity contribution < 1.29 is 19.0 Å². The molecule has 7 heteroatoms. The Kier molecular flexibility index (Phi) is 5.58. The highest BCUT2D eigenvalue weighted by Gasteiger charge is 2.14. The number of nitrogens with zero attached hydrogens (tertiary/aromatic N) is 2. The first-order valence-corrected chi connectivity index (χ1v) is 7.60. The van der Waals surface area contributed by atoms with Crippen LogP contribution in [-0.4, -0.2) is 40.1 Å². The van der Waals surface area contributed by atoms with Gasteiger partial charge in [0.2, 0.25) is 0 Å². The molecular formula is C14H17FN2O3S. The predicted molar refractivity (Wildman–Crippen MR) is 79.2 cm³/mol. The number of carboxylic acids is 1. The Morgan fingerprint density at radius 3 is 3.00 bits per heavy atom. The van der Waals surface area contributed by atoms with E-state index in [1.54, 1.807) is 19.2 Å². The molecule has 5 nitrogen and oxygen atoms in total. The van der Waals surface area contributed by atoms with Crippen molar-refractivity contribution in [1.29, 1.82) is 0 Å². The van der Waals surface area contributed by atoms with Crippen LogP contribution >= 0.6 is 11.8 Å². The van der Waals surface area contributed by atoms with Crippen molar-refractivity contribution in [1.82, 2.24) is 9.55 Å². The van der Waals surface area contributed by atoms with E-state index in [1.165, 1.54) is 6.07 Å². The summed E-state index contributed by atoms with van der Waals surface area (Å²) in [4.78, 5) is 15.0. The van der Waals surface area contributed by atoms with E-state index in [0.29, 0.717) is 23.8 Å². The average molecular weight is 312 g/mol. The Hall–Kier alpha value is -1.60. The number of hydrogen-bond donors (Lipinski definition) is 1. The summed E-state index contributed by atoms with van der Waals surface area (Å²) in [5, 5.41) is 9.33.